The van der Waals surface area contributed by atoms with Gasteiger partial charge in [0, 0.05) is 12.6 Å². The largest absolute Gasteiger partial charge is 0.494 e. The van der Waals surface area contributed by atoms with Crippen molar-refractivity contribution in [2.24, 2.45) is 5.73 Å². The SMILES string of the molecule is COc1cc(F)c(F)c(/C=C/CN)c1F. The van der Waals surface area contributed by atoms with E-state index in [0.717, 1.165) is 6.08 Å². The van der Waals surface area contributed by atoms with Crippen molar-refractivity contribution >= 4 is 6.08 Å². The summed E-state index contributed by atoms with van der Waals surface area (Å²) in [7, 11) is 1.17. The van der Waals surface area contributed by atoms with E-state index in [4.69, 9.17) is 5.73 Å². The molecule has 1 aromatic rings. The lowest BCUT2D eigenvalue weighted by molar-refractivity contribution is 0.375. The van der Waals surface area contributed by atoms with Crippen LogP contribution in [0, 0.1) is 17.5 Å². The summed E-state index contributed by atoms with van der Waals surface area (Å²) in [5, 5.41) is 0. The fourth-order valence-electron chi connectivity index (χ4n) is 1.08. The molecule has 0 aliphatic heterocycles. The third-order valence-corrected chi connectivity index (χ3v) is 1.80. The summed E-state index contributed by atoms with van der Waals surface area (Å²) in [6.07, 6.45) is 2.40. The van der Waals surface area contributed by atoms with Gasteiger partial charge in [0.15, 0.2) is 23.2 Å². The number of nitrogens with two attached hydrogens (primary N) is 1. The molecule has 82 valence electrons. The van der Waals surface area contributed by atoms with Crippen LogP contribution in [0.2, 0.25) is 0 Å². The number of hydrogen-bond acceptors (Lipinski definition) is 2. The molecule has 0 unspecified atom stereocenters. The first kappa shape index (κ1) is 11.6. The quantitative estimate of drug-likeness (QED) is 0.787. The zero-order chi connectivity index (χ0) is 11.4. The minimum absolute atomic E-state index is 0.109. The average Bonchev–Trinajstić information content (AvgIpc) is 2.23. The van der Waals surface area contributed by atoms with Crippen molar-refractivity contribution in [2.75, 3.05) is 13.7 Å². The molecule has 1 aromatic carbocycles. The number of benzene rings is 1. The number of ether oxygens (including phenoxy) is 1. The van der Waals surface area contributed by atoms with Crippen molar-refractivity contribution in [2.45, 2.75) is 0 Å². The summed E-state index contributed by atoms with van der Waals surface area (Å²) in [5.41, 5.74) is 4.64. The van der Waals surface area contributed by atoms with Gasteiger partial charge in [-0.3, -0.25) is 0 Å². The van der Waals surface area contributed by atoms with Gasteiger partial charge >= 0.3 is 0 Å². The molecule has 0 saturated heterocycles. The van der Waals surface area contributed by atoms with Crippen LogP contribution in [-0.4, -0.2) is 13.7 Å². The second-order valence-corrected chi connectivity index (χ2v) is 2.74. The molecule has 0 fully saturated rings. The molecular weight excluding hydrogens is 207 g/mol. The molecule has 2 N–H and O–H groups in total. The third kappa shape index (κ3) is 2.30. The summed E-state index contributed by atoms with van der Waals surface area (Å²) in [6, 6.07) is 0.657. The van der Waals surface area contributed by atoms with Crippen LogP contribution in [0.25, 0.3) is 6.08 Å². The van der Waals surface area contributed by atoms with Crippen LogP contribution in [0.5, 0.6) is 5.75 Å². The third-order valence-electron chi connectivity index (χ3n) is 1.80. The summed E-state index contributed by atoms with van der Waals surface area (Å²) >= 11 is 0. The monoisotopic (exact) mass is 217 g/mol. The van der Waals surface area contributed by atoms with Crippen molar-refractivity contribution in [3.8, 4) is 5.75 Å². The van der Waals surface area contributed by atoms with Crippen LogP contribution in [0.4, 0.5) is 13.2 Å². The number of hydrogen-bond donors (Lipinski definition) is 1. The highest BCUT2D eigenvalue weighted by molar-refractivity contribution is 5.54. The fourth-order valence-corrected chi connectivity index (χ4v) is 1.08. The van der Waals surface area contributed by atoms with Crippen LogP contribution in [0.1, 0.15) is 5.56 Å². The van der Waals surface area contributed by atoms with Crippen LogP contribution in [0.15, 0.2) is 12.1 Å². The second kappa shape index (κ2) is 4.84. The minimum atomic E-state index is -1.25. The van der Waals surface area contributed by atoms with E-state index in [1.165, 1.54) is 13.2 Å². The fraction of sp³-hybridized carbons (Fsp3) is 0.200. The molecule has 15 heavy (non-hydrogen) atoms. The Balaban J connectivity index is 3.33. The first-order valence-electron chi connectivity index (χ1n) is 4.20. The van der Waals surface area contributed by atoms with Gasteiger partial charge < -0.3 is 10.5 Å². The molecule has 0 aliphatic rings. The molecule has 0 heterocycles. The highest BCUT2D eigenvalue weighted by Crippen LogP contribution is 2.26. The zero-order valence-corrected chi connectivity index (χ0v) is 8.06. The lowest BCUT2D eigenvalue weighted by Gasteiger charge is -2.06. The van der Waals surface area contributed by atoms with E-state index in [-0.39, 0.29) is 12.3 Å². The Morgan fingerprint density at radius 2 is 2.00 bits per heavy atom. The van der Waals surface area contributed by atoms with Crippen LogP contribution < -0.4 is 10.5 Å². The summed E-state index contributed by atoms with van der Waals surface area (Å²) in [4.78, 5) is 0. The molecule has 0 amide bonds. The smallest absolute Gasteiger partial charge is 0.175 e. The Morgan fingerprint density at radius 3 is 2.53 bits per heavy atom. The van der Waals surface area contributed by atoms with Crippen molar-refractivity contribution in [1.82, 2.24) is 0 Å². The van der Waals surface area contributed by atoms with Crippen LogP contribution >= 0.6 is 0 Å². The predicted octanol–water partition coefficient (Wildman–Crippen LogP) is 2.08. The van der Waals surface area contributed by atoms with Gasteiger partial charge in [-0.05, 0) is 0 Å². The van der Waals surface area contributed by atoms with E-state index in [1.807, 2.05) is 0 Å². The van der Waals surface area contributed by atoms with Crippen LogP contribution in [-0.2, 0) is 0 Å². The minimum Gasteiger partial charge on any atom is -0.494 e. The Labute approximate surface area is 85.2 Å². The van der Waals surface area contributed by atoms with E-state index in [1.54, 1.807) is 0 Å². The molecule has 0 aromatic heterocycles. The average molecular weight is 217 g/mol. The molecule has 0 atom stereocenters. The highest BCUT2D eigenvalue weighted by Gasteiger charge is 2.16. The van der Waals surface area contributed by atoms with Gasteiger partial charge in [0.25, 0.3) is 0 Å². The van der Waals surface area contributed by atoms with Crippen molar-refractivity contribution in [3.63, 3.8) is 0 Å². The van der Waals surface area contributed by atoms with E-state index >= 15 is 0 Å². The summed E-state index contributed by atoms with van der Waals surface area (Å²) < 4.78 is 44.1. The zero-order valence-electron chi connectivity index (χ0n) is 8.06. The molecule has 0 radical (unpaired) electrons. The topological polar surface area (TPSA) is 35.2 Å². The van der Waals surface area contributed by atoms with Gasteiger partial charge in [-0.2, -0.15) is 0 Å². The second-order valence-electron chi connectivity index (χ2n) is 2.74. The number of halogens is 3. The standard InChI is InChI=1S/C10H10F3NO/c1-15-8-5-7(11)9(12)6(10(8)13)3-2-4-14/h2-3,5H,4,14H2,1H3/b3-2+. The predicted molar refractivity (Wildman–Crippen MR) is 51.0 cm³/mol. The number of methoxy groups -OCH3 is 1. The van der Waals surface area contributed by atoms with E-state index in [2.05, 4.69) is 4.74 Å². The maximum Gasteiger partial charge on any atom is 0.175 e. The molecule has 0 aliphatic carbocycles. The van der Waals surface area contributed by atoms with Gasteiger partial charge in [0.2, 0.25) is 0 Å². The first-order valence-corrected chi connectivity index (χ1v) is 4.20. The van der Waals surface area contributed by atoms with E-state index in [0.29, 0.717) is 6.07 Å². The van der Waals surface area contributed by atoms with Gasteiger partial charge in [-0.15, -0.1) is 0 Å². The maximum atomic E-state index is 13.4. The Bertz CT molecular complexity index is 391. The van der Waals surface area contributed by atoms with Gasteiger partial charge in [0.05, 0.1) is 12.7 Å². The molecule has 0 saturated carbocycles. The van der Waals surface area contributed by atoms with E-state index < -0.39 is 23.0 Å². The molecular formula is C10H10F3NO. The van der Waals surface area contributed by atoms with Crippen molar-refractivity contribution in [1.29, 1.82) is 0 Å². The molecule has 0 bridgehead atoms. The summed E-state index contributed by atoms with van der Waals surface area (Å²) in [6.45, 7) is 0.109. The first-order chi connectivity index (χ1) is 7.11. The lowest BCUT2D eigenvalue weighted by atomic mass is 10.1. The molecule has 2 nitrogen and oxygen atoms in total. The summed E-state index contributed by atoms with van der Waals surface area (Å²) in [5.74, 6) is -3.70. The van der Waals surface area contributed by atoms with Gasteiger partial charge in [-0.1, -0.05) is 12.2 Å². The molecule has 0 spiro atoms. The Kier molecular flexibility index (Phi) is 3.74. The van der Waals surface area contributed by atoms with Gasteiger partial charge in [0.1, 0.15) is 0 Å². The number of rotatable bonds is 3. The maximum absolute atomic E-state index is 13.4. The van der Waals surface area contributed by atoms with Crippen molar-refractivity contribution in [3.05, 3.63) is 35.2 Å². The molecule has 5 heteroatoms. The molecule has 1 rings (SSSR count). The highest BCUT2D eigenvalue weighted by atomic mass is 19.2. The Hall–Kier alpha value is -1.49. The van der Waals surface area contributed by atoms with Gasteiger partial charge in [-0.25, -0.2) is 13.2 Å². The Morgan fingerprint density at radius 1 is 1.33 bits per heavy atom. The normalized spacial score (nSPS) is 11.0. The van der Waals surface area contributed by atoms with E-state index in [9.17, 15) is 13.2 Å². The van der Waals surface area contributed by atoms with Crippen molar-refractivity contribution < 1.29 is 17.9 Å². The van der Waals surface area contributed by atoms with Crippen LogP contribution in [0.3, 0.4) is 0 Å². The lowest BCUT2D eigenvalue weighted by Crippen LogP contribution is -1.99.